The zero-order valence-electron chi connectivity index (χ0n) is 11.5. The Balaban J connectivity index is 2.09. The lowest BCUT2D eigenvalue weighted by Crippen LogP contribution is -2.52. The number of nitrogen functional groups attached to an aromatic ring is 1. The molecule has 0 bridgehead atoms. The summed E-state index contributed by atoms with van der Waals surface area (Å²) in [7, 11) is 1.63. The van der Waals surface area contributed by atoms with E-state index in [1.165, 1.54) is 0 Å². The fourth-order valence-corrected chi connectivity index (χ4v) is 2.49. The first kappa shape index (κ1) is 13.7. The van der Waals surface area contributed by atoms with Crippen LogP contribution in [0.1, 0.15) is 6.92 Å². The molecule has 1 heterocycles. The quantitative estimate of drug-likeness (QED) is 0.648. The van der Waals surface area contributed by atoms with Crippen molar-refractivity contribution in [1.29, 1.82) is 0 Å². The molecule has 1 fully saturated rings. The van der Waals surface area contributed by atoms with Crippen molar-refractivity contribution >= 4 is 17.7 Å². The third-order valence-corrected chi connectivity index (χ3v) is 3.66. The minimum Gasteiger partial charge on any atom is -0.495 e. The molecular weight excluding hydrogens is 242 g/mol. The fraction of sp³-hybridized carbons (Fsp3) is 0.500. The first-order chi connectivity index (χ1) is 9.15. The predicted octanol–water partition coefficient (Wildman–Crippen LogP) is 0.987. The molecule has 0 aliphatic carbocycles. The van der Waals surface area contributed by atoms with Crippen molar-refractivity contribution in [2.75, 3.05) is 43.9 Å². The number of hydrogen-bond donors (Lipinski definition) is 1. The van der Waals surface area contributed by atoms with Crippen LogP contribution in [0.5, 0.6) is 5.75 Å². The number of benzene rings is 1. The Morgan fingerprint density at radius 1 is 1.47 bits per heavy atom. The van der Waals surface area contributed by atoms with Crippen LogP contribution in [0.4, 0.5) is 11.4 Å². The normalized spacial score (nSPS) is 20.3. The van der Waals surface area contributed by atoms with Crippen molar-refractivity contribution in [3.63, 3.8) is 0 Å². The molecule has 0 spiro atoms. The second kappa shape index (κ2) is 5.93. The Labute approximate surface area is 113 Å². The number of carbonyl (C=O) groups excluding carboxylic acids is 1. The monoisotopic (exact) mass is 263 g/mol. The van der Waals surface area contributed by atoms with Gasteiger partial charge in [0, 0.05) is 37.4 Å². The maximum atomic E-state index is 10.6. The lowest BCUT2D eigenvalue weighted by atomic mass is 10.1. The first-order valence-electron chi connectivity index (χ1n) is 6.52. The molecule has 19 heavy (non-hydrogen) atoms. The first-order valence-corrected chi connectivity index (χ1v) is 6.52. The van der Waals surface area contributed by atoms with Crippen LogP contribution in [0.2, 0.25) is 0 Å². The molecule has 1 atom stereocenters. The van der Waals surface area contributed by atoms with E-state index in [0.29, 0.717) is 24.0 Å². The number of nitrogens with two attached hydrogens (primary N) is 1. The zero-order valence-corrected chi connectivity index (χ0v) is 11.5. The Morgan fingerprint density at radius 2 is 2.26 bits per heavy atom. The molecule has 2 rings (SSSR count). The Bertz CT molecular complexity index is 450. The van der Waals surface area contributed by atoms with Gasteiger partial charge in [0.2, 0.25) is 0 Å². The highest BCUT2D eigenvalue weighted by Crippen LogP contribution is 2.28. The molecule has 0 saturated carbocycles. The van der Waals surface area contributed by atoms with Gasteiger partial charge in [-0.3, -0.25) is 4.90 Å². The van der Waals surface area contributed by atoms with Crippen molar-refractivity contribution < 1.29 is 9.53 Å². The number of ether oxygens (including phenoxy) is 1. The molecule has 0 aromatic heterocycles. The predicted molar refractivity (Wildman–Crippen MR) is 76.7 cm³/mol. The van der Waals surface area contributed by atoms with Crippen LogP contribution in [0.3, 0.4) is 0 Å². The van der Waals surface area contributed by atoms with Crippen LogP contribution >= 0.6 is 0 Å². The number of methoxy groups -OCH3 is 1. The molecule has 1 aliphatic rings. The molecule has 104 valence electrons. The molecule has 0 radical (unpaired) electrons. The van der Waals surface area contributed by atoms with Crippen LogP contribution in [0, 0.1) is 0 Å². The van der Waals surface area contributed by atoms with E-state index in [9.17, 15) is 4.79 Å². The van der Waals surface area contributed by atoms with E-state index in [-0.39, 0.29) is 0 Å². The summed E-state index contributed by atoms with van der Waals surface area (Å²) in [5.41, 5.74) is 7.59. The summed E-state index contributed by atoms with van der Waals surface area (Å²) in [6.45, 7) is 5.36. The number of hydrogen-bond acceptors (Lipinski definition) is 5. The molecule has 2 N–H and O–H groups in total. The highest BCUT2D eigenvalue weighted by molar-refractivity contribution is 5.62. The smallest absolute Gasteiger partial charge is 0.143 e. The van der Waals surface area contributed by atoms with E-state index < -0.39 is 0 Å². The van der Waals surface area contributed by atoms with Crippen LogP contribution in [0.15, 0.2) is 18.2 Å². The Kier molecular flexibility index (Phi) is 4.27. The van der Waals surface area contributed by atoms with Gasteiger partial charge in [0.15, 0.2) is 0 Å². The molecule has 5 nitrogen and oxygen atoms in total. The van der Waals surface area contributed by atoms with Crippen molar-refractivity contribution in [2.45, 2.75) is 13.0 Å². The van der Waals surface area contributed by atoms with Gasteiger partial charge in [0.1, 0.15) is 12.0 Å². The van der Waals surface area contributed by atoms with Crippen LogP contribution in [-0.4, -0.2) is 50.5 Å². The van der Waals surface area contributed by atoms with E-state index in [1.54, 1.807) is 7.11 Å². The van der Waals surface area contributed by atoms with E-state index in [1.807, 2.05) is 18.2 Å². The maximum absolute atomic E-state index is 10.6. The van der Waals surface area contributed by atoms with E-state index in [2.05, 4.69) is 16.7 Å². The summed E-state index contributed by atoms with van der Waals surface area (Å²) >= 11 is 0. The van der Waals surface area contributed by atoms with Gasteiger partial charge in [-0.15, -0.1) is 0 Å². The van der Waals surface area contributed by atoms with Crippen molar-refractivity contribution in [2.24, 2.45) is 0 Å². The van der Waals surface area contributed by atoms with Crippen molar-refractivity contribution in [3.8, 4) is 5.75 Å². The van der Waals surface area contributed by atoms with Gasteiger partial charge >= 0.3 is 0 Å². The van der Waals surface area contributed by atoms with Gasteiger partial charge in [-0.1, -0.05) is 0 Å². The van der Waals surface area contributed by atoms with E-state index in [4.69, 9.17) is 10.5 Å². The molecule has 1 unspecified atom stereocenters. The van der Waals surface area contributed by atoms with Crippen molar-refractivity contribution in [3.05, 3.63) is 18.2 Å². The SMILES string of the molecule is COc1cc(N2CCN(CC=O)C(C)C2)ccc1N. The number of piperazine rings is 1. The second-order valence-corrected chi connectivity index (χ2v) is 4.88. The average molecular weight is 263 g/mol. The number of aldehydes is 1. The molecule has 1 aromatic rings. The van der Waals surface area contributed by atoms with E-state index >= 15 is 0 Å². The van der Waals surface area contributed by atoms with Gasteiger partial charge in [0.05, 0.1) is 19.3 Å². The molecule has 0 amide bonds. The summed E-state index contributed by atoms with van der Waals surface area (Å²) in [6, 6.07) is 6.22. The standard InChI is InChI=1S/C14H21N3O2/c1-11-10-17(6-5-16(11)7-8-18)12-3-4-13(15)14(9-12)19-2/h3-4,8-9,11H,5-7,10,15H2,1-2H3. The number of carbonyl (C=O) groups is 1. The largest absolute Gasteiger partial charge is 0.495 e. The van der Waals surface area contributed by atoms with Gasteiger partial charge < -0.3 is 20.2 Å². The summed E-state index contributed by atoms with van der Waals surface area (Å²) in [5, 5.41) is 0. The van der Waals surface area contributed by atoms with Crippen molar-refractivity contribution in [1.82, 2.24) is 4.90 Å². The number of anilines is 2. The molecule has 1 aliphatic heterocycles. The van der Waals surface area contributed by atoms with Crippen LogP contribution in [0.25, 0.3) is 0 Å². The number of nitrogens with zero attached hydrogens (tertiary/aromatic N) is 2. The topological polar surface area (TPSA) is 58.8 Å². The zero-order chi connectivity index (χ0) is 13.8. The highest BCUT2D eigenvalue weighted by Gasteiger charge is 2.23. The highest BCUT2D eigenvalue weighted by atomic mass is 16.5. The second-order valence-electron chi connectivity index (χ2n) is 4.88. The van der Waals surface area contributed by atoms with Crippen LogP contribution < -0.4 is 15.4 Å². The lowest BCUT2D eigenvalue weighted by molar-refractivity contribution is -0.109. The molecule has 5 heteroatoms. The Morgan fingerprint density at radius 3 is 2.89 bits per heavy atom. The van der Waals surface area contributed by atoms with Gasteiger partial charge in [-0.25, -0.2) is 0 Å². The third-order valence-electron chi connectivity index (χ3n) is 3.66. The molecule has 1 saturated heterocycles. The Hall–Kier alpha value is -1.75. The fourth-order valence-electron chi connectivity index (χ4n) is 2.49. The van der Waals surface area contributed by atoms with Gasteiger partial charge in [-0.05, 0) is 19.1 Å². The third kappa shape index (κ3) is 2.98. The average Bonchev–Trinajstić information content (AvgIpc) is 2.42. The minimum atomic E-state index is 0.363. The number of rotatable bonds is 4. The molecular formula is C14H21N3O2. The summed E-state index contributed by atoms with van der Waals surface area (Å²) in [5.74, 6) is 0.709. The summed E-state index contributed by atoms with van der Waals surface area (Å²) < 4.78 is 5.25. The summed E-state index contributed by atoms with van der Waals surface area (Å²) in [6.07, 6.45) is 0.971. The minimum absolute atomic E-state index is 0.363. The summed E-state index contributed by atoms with van der Waals surface area (Å²) in [4.78, 5) is 15.1. The van der Waals surface area contributed by atoms with Gasteiger partial charge in [-0.2, -0.15) is 0 Å². The van der Waals surface area contributed by atoms with E-state index in [0.717, 1.165) is 31.6 Å². The van der Waals surface area contributed by atoms with Gasteiger partial charge in [0.25, 0.3) is 0 Å². The maximum Gasteiger partial charge on any atom is 0.143 e. The molecule has 1 aromatic carbocycles. The lowest BCUT2D eigenvalue weighted by Gasteiger charge is -2.40. The van der Waals surface area contributed by atoms with Crippen LogP contribution in [-0.2, 0) is 4.79 Å².